The number of nitrogens with one attached hydrogen (secondary N) is 6. The van der Waals surface area contributed by atoms with E-state index in [9.17, 15) is 36.0 Å². The molecule has 6 N–H and O–H groups in total. The van der Waals surface area contributed by atoms with E-state index in [-0.39, 0.29) is 33.5 Å². The van der Waals surface area contributed by atoms with Crippen LogP contribution in [0.3, 0.4) is 0 Å². The fraction of sp³-hybridized carbons (Fsp3) is 0.222. The zero-order chi connectivity index (χ0) is 49.9. The Morgan fingerprint density at radius 3 is 1.83 bits per heavy atom. The van der Waals surface area contributed by atoms with Gasteiger partial charge in [-0.15, -0.1) is 0 Å². The first-order chi connectivity index (χ1) is 34.1. The van der Waals surface area contributed by atoms with Crippen LogP contribution in [0.2, 0.25) is 0 Å². The van der Waals surface area contributed by atoms with Gasteiger partial charge in [-0.25, -0.2) is 16.8 Å². The maximum Gasteiger partial charge on any atom is 0.247 e. The van der Waals surface area contributed by atoms with E-state index >= 15 is 0 Å². The first-order valence-corrected chi connectivity index (χ1v) is 26.3. The maximum atomic E-state index is 14.9. The minimum atomic E-state index is -4.21. The minimum Gasteiger partial charge on any atom is -0.355 e. The second-order valence-corrected chi connectivity index (χ2v) is 21.4. The number of aryl methyl sites for hydroxylation is 2. The lowest BCUT2D eigenvalue weighted by Crippen LogP contribution is -2.48. The molecular weight excluding hydrogens is 939 g/mol. The first kappa shape index (κ1) is 48.7. The van der Waals surface area contributed by atoms with Crippen LogP contribution in [0.25, 0.3) is 22.2 Å². The number of aromatic nitrogens is 1. The molecule has 0 aliphatic carbocycles. The summed E-state index contributed by atoms with van der Waals surface area (Å²) < 4.78 is 60.2. The van der Waals surface area contributed by atoms with E-state index in [4.69, 9.17) is 0 Å². The molecule has 3 amide bonds. The van der Waals surface area contributed by atoms with Crippen molar-refractivity contribution in [2.45, 2.75) is 73.5 Å². The van der Waals surface area contributed by atoms with Gasteiger partial charge in [-0.1, -0.05) is 102 Å². The third-order valence-corrected chi connectivity index (χ3v) is 15.8. The van der Waals surface area contributed by atoms with Gasteiger partial charge in [0.1, 0.15) is 18.1 Å². The predicted molar refractivity (Wildman–Crippen MR) is 272 cm³/mol. The maximum absolute atomic E-state index is 14.9. The summed E-state index contributed by atoms with van der Waals surface area (Å²) in [7, 11) is -8.35. The van der Waals surface area contributed by atoms with Crippen LogP contribution in [0.1, 0.15) is 70.4 Å². The van der Waals surface area contributed by atoms with E-state index < -0.39 is 61.8 Å². The van der Waals surface area contributed by atoms with Gasteiger partial charge in [0.05, 0.1) is 21.5 Å². The van der Waals surface area contributed by atoms with Gasteiger partial charge in [-0.05, 0) is 123 Å². The average molecular weight is 992 g/mol. The number of sulfonamides is 2. The molecule has 0 bridgehead atoms. The lowest BCUT2D eigenvalue weighted by atomic mass is 9.95. The van der Waals surface area contributed by atoms with Crippen molar-refractivity contribution in [3.05, 3.63) is 179 Å². The Kier molecular flexibility index (Phi) is 14.1. The lowest BCUT2D eigenvalue weighted by molar-refractivity contribution is -0.138. The quantitative estimate of drug-likeness (QED) is 0.0523. The summed E-state index contributed by atoms with van der Waals surface area (Å²) in [6.45, 7) is 4.63. The number of amides is 3. The molecule has 2 aliphatic rings. The summed E-state index contributed by atoms with van der Waals surface area (Å²) in [6.07, 6.45) is 2.35. The molecule has 71 heavy (non-hydrogen) atoms. The van der Waals surface area contributed by atoms with Gasteiger partial charge in [-0.3, -0.25) is 19.2 Å². The number of likely N-dealkylation sites (tertiary alicyclic amines) is 1. The van der Waals surface area contributed by atoms with E-state index in [1.54, 1.807) is 121 Å². The molecule has 2 saturated heterocycles. The molecule has 17 heteroatoms. The van der Waals surface area contributed by atoms with Crippen molar-refractivity contribution in [3.8, 4) is 11.3 Å². The number of hydrogen-bond acceptors (Lipinski definition) is 9. The number of H-pyrrole nitrogens is 1. The SMILES string of the molecule is Cc1ccc(S(=O)(=O)N[C@@H](C(=O)c2cc(-c3cc4cc(NC(=O)[C@@H]5CCCN5C(=O)[C@H](NS(=O)(=O)c5ccc(C)cc5)c5ccccc5)ccc4[nH]3)ccc2NC(=O)[C@@H]2CCCN2)c2ccccc2)cc1. The summed E-state index contributed by atoms with van der Waals surface area (Å²) in [6, 6.07) is 37.9. The highest BCUT2D eigenvalue weighted by atomic mass is 32.2. The van der Waals surface area contributed by atoms with E-state index in [0.717, 1.165) is 17.5 Å². The van der Waals surface area contributed by atoms with Crippen molar-refractivity contribution in [1.82, 2.24) is 24.6 Å². The molecule has 0 radical (unpaired) electrons. The summed E-state index contributed by atoms with van der Waals surface area (Å²) in [4.78, 5) is 61.7. The van der Waals surface area contributed by atoms with Gasteiger partial charge in [0.15, 0.2) is 5.78 Å². The predicted octanol–water partition coefficient (Wildman–Crippen LogP) is 7.69. The summed E-state index contributed by atoms with van der Waals surface area (Å²) in [5, 5.41) is 9.79. The molecule has 6 aromatic carbocycles. The zero-order valence-corrected chi connectivity index (χ0v) is 40.6. The van der Waals surface area contributed by atoms with E-state index in [1.807, 2.05) is 19.9 Å². The van der Waals surface area contributed by atoms with Crippen molar-refractivity contribution < 1.29 is 36.0 Å². The van der Waals surface area contributed by atoms with Crippen molar-refractivity contribution in [3.63, 3.8) is 0 Å². The standard InChI is InChI=1S/C54H53N7O8S2/c1-34-17-23-41(24-18-34)70(66,67)59-49(36-11-5-3-6-12-36)51(62)43-32-38(21-27-45(43)58-52(63)46-15-9-29-55-46)47-33-39-31-40(22-28-44(39)57-47)56-53(64)48-16-10-30-61(48)54(65)50(37-13-7-4-8-14-37)60-71(68,69)42-25-19-35(2)20-26-42/h3-8,11-14,17-28,31-33,46,48-50,55,57,59-60H,9-10,15-16,29-30H2,1-2H3,(H,56,64)(H,58,63)/t46-,48-,49+,50+/m0/s1. The smallest absolute Gasteiger partial charge is 0.247 e. The highest BCUT2D eigenvalue weighted by Crippen LogP contribution is 2.34. The van der Waals surface area contributed by atoms with Crippen LogP contribution in [0.5, 0.6) is 0 Å². The number of anilines is 2. The van der Waals surface area contributed by atoms with Crippen LogP contribution in [0.15, 0.2) is 161 Å². The number of hydrogen-bond donors (Lipinski definition) is 6. The molecule has 0 saturated carbocycles. The molecule has 9 rings (SSSR count). The van der Waals surface area contributed by atoms with Crippen LogP contribution in [0.4, 0.5) is 11.4 Å². The highest BCUT2D eigenvalue weighted by molar-refractivity contribution is 7.89. The van der Waals surface area contributed by atoms with E-state index in [0.29, 0.717) is 64.8 Å². The number of fused-ring (bicyclic) bond motifs is 1. The van der Waals surface area contributed by atoms with Gasteiger partial charge >= 0.3 is 0 Å². The minimum absolute atomic E-state index is 0.00898. The van der Waals surface area contributed by atoms with Crippen molar-refractivity contribution in [1.29, 1.82) is 0 Å². The Morgan fingerprint density at radius 1 is 0.620 bits per heavy atom. The fourth-order valence-corrected chi connectivity index (χ4v) is 11.4. The second-order valence-electron chi connectivity index (χ2n) is 18.0. The first-order valence-electron chi connectivity index (χ1n) is 23.4. The molecule has 2 fully saturated rings. The van der Waals surface area contributed by atoms with Gasteiger partial charge in [0, 0.05) is 34.4 Å². The topological polar surface area (TPSA) is 216 Å². The van der Waals surface area contributed by atoms with Crippen molar-refractivity contribution in [2.75, 3.05) is 23.7 Å². The number of ketones is 1. The lowest BCUT2D eigenvalue weighted by Gasteiger charge is -2.29. The number of Topliss-reactive ketones (excluding diaryl/α,β-unsaturated/α-hetero) is 1. The Morgan fingerprint density at radius 2 is 1.23 bits per heavy atom. The van der Waals surface area contributed by atoms with Gasteiger partial charge < -0.3 is 25.8 Å². The van der Waals surface area contributed by atoms with E-state index in [2.05, 4.69) is 30.4 Å². The Balaban J connectivity index is 0.984. The third-order valence-electron chi connectivity index (χ3n) is 12.9. The van der Waals surface area contributed by atoms with Crippen LogP contribution >= 0.6 is 0 Å². The van der Waals surface area contributed by atoms with E-state index in [1.165, 1.54) is 29.2 Å². The molecule has 0 spiro atoms. The van der Waals surface area contributed by atoms with Gasteiger partial charge in [0.25, 0.3) is 0 Å². The third kappa shape index (κ3) is 10.9. The summed E-state index contributed by atoms with van der Waals surface area (Å²) >= 11 is 0. The number of carbonyl (C=O) groups is 4. The van der Waals surface area contributed by atoms with Crippen molar-refractivity contribution in [2.24, 2.45) is 0 Å². The number of rotatable bonds is 16. The number of carbonyl (C=O) groups excluding carboxylic acids is 4. The normalized spacial score (nSPS) is 16.9. The molecule has 7 aromatic rings. The molecule has 15 nitrogen and oxygen atoms in total. The average Bonchev–Trinajstić information content (AvgIpc) is 4.18. The number of benzene rings is 6. The van der Waals surface area contributed by atoms with Crippen LogP contribution < -0.4 is 25.4 Å². The van der Waals surface area contributed by atoms with Crippen molar-refractivity contribution >= 4 is 65.8 Å². The Bertz CT molecular complexity index is 3340. The van der Waals surface area contributed by atoms with Crippen LogP contribution in [0, 0.1) is 13.8 Å². The monoisotopic (exact) mass is 991 g/mol. The number of aromatic amines is 1. The molecule has 0 unspecified atom stereocenters. The molecular formula is C54H53N7O8S2. The number of nitrogens with zero attached hydrogens (tertiary/aromatic N) is 1. The fourth-order valence-electron chi connectivity index (χ4n) is 9.07. The highest BCUT2D eigenvalue weighted by Gasteiger charge is 2.39. The Labute approximate surface area is 412 Å². The zero-order valence-electron chi connectivity index (χ0n) is 39.0. The molecule has 3 heterocycles. The summed E-state index contributed by atoms with van der Waals surface area (Å²) in [5.41, 5.74) is 5.19. The second kappa shape index (κ2) is 20.6. The molecule has 364 valence electrons. The van der Waals surface area contributed by atoms with Gasteiger partial charge in [0.2, 0.25) is 37.8 Å². The summed E-state index contributed by atoms with van der Waals surface area (Å²) in [5.74, 6) is -1.89. The molecule has 4 atom stereocenters. The van der Waals surface area contributed by atoms with Gasteiger partial charge in [-0.2, -0.15) is 9.44 Å². The van der Waals surface area contributed by atoms with Crippen LogP contribution in [-0.2, 0) is 34.4 Å². The molecule has 2 aliphatic heterocycles. The van der Waals surface area contributed by atoms with Crippen LogP contribution in [-0.4, -0.2) is 75.4 Å². The Hall–Kier alpha value is -7.28. The molecule has 1 aromatic heterocycles. The largest absolute Gasteiger partial charge is 0.355 e.